The molecule has 0 aliphatic carbocycles. The number of amides is 1. The van der Waals surface area contributed by atoms with Crippen molar-refractivity contribution in [3.8, 4) is 0 Å². The molecule has 25 heavy (non-hydrogen) atoms. The minimum atomic E-state index is -0.542. The molecule has 0 N–H and O–H groups in total. The number of ether oxygens (including phenoxy) is 1. The monoisotopic (exact) mass is 347 g/mol. The van der Waals surface area contributed by atoms with Gasteiger partial charge in [0.05, 0.1) is 30.9 Å². The minimum Gasteiger partial charge on any atom is -0.465 e. The van der Waals surface area contributed by atoms with Crippen molar-refractivity contribution in [2.24, 2.45) is 0 Å². The van der Waals surface area contributed by atoms with E-state index in [1.807, 2.05) is 11.5 Å². The molecule has 3 heterocycles. The average molecular weight is 347 g/mol. The smallest absolute Gasteiger partial charge is 0.316 e. The Morgan fingerprint density at radius 2 is 2.20 bits per heavy atom. The van der Waals surface area contributed by atoms with Crippen molar-refractivity contribution in [3.63, 3.8) is 0 Å². The Bertz CT molecular complexity index is 781. The highest BCUT2D eigenvalue weighted by Crippen LogP contribution is 2.29. The van der Waals surface area contributed by atoms with Crippen molar-refractivity contribution >= 4 is 11.9 Å². The maximum Gasteiger partial charge on any atom is 0.316 e. The van der Waals surface area contributed by atoms with Crippen LogP contribution in [-0.2, 0) is 33.8 Å². The van der Waals surface area contributed by atoms with Gasteiger partial charge in [-0.3, -0.25) is 9.59 Å². The highest BCUT2D eigenvalue weighted by atomic mass is 16.5. The van der Waals surface area contributed by atoms with E-state index < -0.39 is 5.92 Å². The molecular weight excluding hydrogens is 326 g/mol. The van der Waals surface area contributed by atoms with Crippen LogP contribution in [0.25, 0.3) is 0 Å². The Kier molecular flexibility index (Phi) is 4.82. The molecule has 0 saturated carbocycles. The number of aromatic nitrogens is 4. The van der Waals surface area contributed by atoms with Crippen molar-refractivity contribution in [2.75, 3.05) is 13.2 Å². The standard InChI is InChI=1S/C16H21N5O4/c1-4-20-9-17-12-8-21(7-11(15(12)20)16(23)24-5-2)14(22)6-13-18-10(3)19-25-13/h9,11H,4-8H2,1-3H3/t11-/m0/s1. The van der Waals surface area contributed by atoms with Crippen LogP contribution in [0.15, 0.2) is 10.9 Å². The van der Waals surface area contributed by atoms with E-state index in [9.17, 15) is 9.59 Å². The fourth-order valence-electron chi connectivity index (χ4n) is 3.03. The maximum absolute atomic E-state index is 12.6. The first-order chi connectivity index (χ1) is 12.0. The highest BCUT2D eigenvalue weighted by Gasteiger charge is 2.37. The lowest BCUT2D eigenvalue weighted by atomic mass is 9.97. The topological polar surface area (TPSA) is 103 Å². The number of hydrogen-bond acceptors (Lipinski definition) is 7. The van der Waals surface area contributed by atoms with E-state index >= 15 is 0 Å². The van der Waals surface area contributed by atoms with E-state index in [2.05, 4.69) is 15.1 Å². The Balaban J connectivity index is 1.83. The lowest BCUT2D eigenvalue weighted by Gasteiger charge is -2.31. The Hall–Kier alpha value is -2.71. The lowest BCUT2D eigenvalue weighted by Crippen LogP contribution is -2.42. The van der Waals surface area contributed by atoms with Gasteiger partial charge in [-0.1, -0.05) is 5.16 Å². The second-order valence-corrected chi connectivity index (χ2v) is 5.85. The fourth-order valence-corrected chi connectivity index (χ4v) is 3.03. The summed E-state index contributed by atoms with van der Waals surface area (Å²) in [5, 5.41) is 3.69. The normalized spacial score (nSPS) is 16.6. The van der Waals surface area contributed by atoms with Crippen LogP contribution < -0.4 is 0 Å². The molecule has 0 radical (unpaired) electrons. The average Bonchev–Trinajstić information content (AvgIpc) is 3.19. The molecule has 9 nitrogen and oxygen atoms in total. The van der Waals surface area contributed by atoms with E-state index in [1.54, 1.807) is 25.1 Å². The first-order valence-electron chi connectivity index (χ1n) is 8.30. The predicted octanol–water partition coefficient (Wildman–Crippen LogP) is 0.826. The number of hydrogen-bond donors (Lipinski definition) is 0. The Morgan fingerprint density at radius 3 is 2.84 bits per heavy atom. The quantitative estimate of drug-likeness (QED) is 0.738. The summed E-state index contributed by atoms with van der Waals surface area (Å²) in [6.07, 6.45) is 1.70. The molecule has 2 aromatic heterocycles. The first kappa shape index (κ1) is 17.1. The second-order valence-electron chi connectivity index (χ2n) is 5.85. The zero-order valence-electron chi connectivity index (χ0n) is 14.6. The lowest BCUT2D eigenvalue weighted by molar-refractivity contribution is -0.147. The van der Waals surface area contributed by atoms with Crippen LogP contribution in [0, 0.1) is 6.92 Å². The van der Waals surface area contributed by atoms with Crippen molar-refractivity contribution in [1.29, 1.82) is 0 Å². The van der Waals surface area contributed by atoms with Crippen molar-refractivity contribution in [1.82, 2.24) is 24.6 Å². The molecule has 0 bridgehead atoms. The number of imidazole rings is 1. The van der Waals surface area contributed by atoms with Crippen LogP contribution in [0.4, 0.5) is 0 Å². The maximum atomic E-state index is 12.6. The molecule has 1 aliphatic rings. The summed E-state index contributed by atoms with van der Waals surface area (Å²) in [5.74, 6) is -0.325. The van der Waals surface area contributed by atoms with Gasteiger partial charge in [-0.2, -0.15) is 4.98 Å². The van der Waals surface area contributed by atoms with Crippen LogP contribution >= 0.6 is 0 Å². The number of carbonyl (C=O) groups excluding carboxylic acids is 2. The molecular formula is C16H21N5O4. The minimum absolute atomic E-state index is 0.000203. The third-order valence-corrected chi connectivity index (χ3v) is 4.17. The van der Waals surface area contributed by atoms with E-state index in [0.29, 0.717) is 25.5 Å². The molecule has 2 aromatic rings. The van der Waals surface area contributed by atoms with Gasteiger partial charge < -0.3 is 18.7 Å². The molecule has 0 spiro atoms. The molecule has 1 atom stereocenters. The number of carbonyl (C=O) groups is 2. The number of nitrogens with zero attached hydrogens (tertiary/aromatic N) is 5. The predicted molar refractivity (Wildman–Crippen MR) is 85.4 cm³/mol. The fraction of sp³-hybridized carbons (Fsp3) is 0.562. The van der Waals surface area contributed by atoms with Gasteiger partial charge in [0.1, 0.15) is 12.3 Å². The van der Waals surface area contributed by atoms with Crippen LogP contribution in [0.2, 0.25) is 0 Å². The van der Waals surface area contributed by atoms with E-state index in [1.165, 1.54) is 0 Å². The van der Waals surface area contributed by atoms with Gasteiger partial charge in [-0.05, 0) is 20.8 Å². The van der Waals surface area contributed by atoms with Crippen LogP contribution in [0.5, 0.6) is 0 Å². The molecule has 0 aromatic carbocycles. The van der Waals surface area contributed by atoms with Gasteiger partial charge in [-0.25, -0.2) is 4.98 Å². The summed E-state index contributed by atoms with van der Waals surface area (Å²) < 4.78 is 12.1. The third kappa shape index (κ3) is 3.40. The Morgan fingerprint density at radius 1 is 1.40 bits per heavy atom. The third-order valence-electron chi connectivity index (χ3n) is 4.17. The number of rotatable bonds is 5. The number of esters is 1. The van der Waals surface area contributed by atoms with Gasteiger partial charge in [-0.15, -0.1) is 0 Å². The van der Waals surface area contributed by atoms with Crippen molar-refractivity contribution in [2.45, 2.75) is 46.2 Å². The molecule has 134 valence electrons. The zero-order valence-corrected chi connectivity index (χ0v) is 14.6. The van der Waals surface area contributed by atoms with Gasteiger partial charge in [0, 0.05) is 13.1 Å². The van der Waals surface area contributed by atoms with E-state index in [0.717, 1.165) is 11.4 Å². The molecule has 1 amide bonds. The van der Waals surface area contributed by atoms with Crippen molar-refractivity contribution in [3.05, 3.63) is 29.4 Å². The van der Waals surface area contributed by atoms with Gasteiger partial charge in [0.2, 0.25) is 11.8 Å². The summed E-state index contributed by atoms with van der Waals surface area (Å²) >= 11 is 0. The molecule has 0 saturated heterocycles. The summed E-state index contributed by atoms with van der Waals surface area (Å²) in [6.45, 7) is 7.04. The van der Waals surface area contributed by atoms with Crippen LogP contribution in [-0.4, -0.2) is 49.6 Å². The highest BCUT2D eigenvalue weighted by molar-refractivity contribution is 5.82. The first-order valence-corrected chi connectivity index (χ1v) is 8.30. The largest absolute Gasteiger partial charge is 0.465 e. The van der Waals surface area contributed by atoms with E-state index in [4.69, 9.17) is 9.26 Å². The molecule has 0 unspecified atom stereocenters. The zero-order chi connectivity index (χ0) is 18.0. The molecule has 0 fully saturated rings. The van der Waals surface area contributed by atoms with Gasteiger partial charge >= 0.3 is 5.97 Å². The van der Waals surface area contributed by atoms with E-state index in [-0.39, 0.29) is 30.7 Å². The molecule has 9 heteroatoms. The molecule has 1 aliphatic heterocycles. The summed E-state index contributed by atoms with van der Waals surface area (Å²) in [6, 6.07) is 0. The summed E-state index contributed by atoms with van der Waals surface area (Å²) in [7, 11) is 0. The van der Waals surface area contributed by atoms with Crippen LogP contribution in [0.3, 0.4) is 0 Å². The van der Waals surface area contributed by atoms with Crippen molar-refractivity contribution < 1.29 is 18.8 Å². The number of fused-ring (bicyclic) bond motifs is 1. The second kappa shape index (κ2) is 7.04. The summed E-state index contributed by atoms with van der Waals surface area (Å²) in [5.41, 5.74) is 1.56. The SMILES string of the molecule is CCOC(=O)[C@H]1CN(C(=O)Cc2nc(C)no2)Cc2ncn(CC)c21. The Labute approximate surface area is 145 Å². The van der Waals surface area contributed by atoms with Gasteiger partial charge in [0.15, 0.2) is 5.82 Å². The summed E-state index contributed by atoms with van der Waals surface area (Å²) in [4.78, 5) is 35.0. The van der Waals surface area contributed by atoms with Crippen LogP contribution in [0.1, 0.15) is 42.9 Å². The molecule has 3 rings (SSSR count). The van der Waals surface area contributed by atoms with Gasteiger partial charge in [0.25, 0.3) is 0 Å². The number of aryl methyl sites for hydroxylation is 2.